The lowest BCUT2D eigenvalue weighted by molar-refractivity contribution is 0.00235. The molecule has 9 heteroatoms. The van der Waals surface area contributed by atoms with Crippen LogP contribution in [0.2, 0.25) is 0 Å². The summed E-state index contributed by atoms with van der Waals surface area (Å²) in [6.07, 6.45) is 5.13. The largest absolute Gasteiger partial charge is 0.382 e. The Kier molecular flexibility index (Phi) is 4.06. The molecule has 7 nitrogen and oxygen atoms in total. The predicted octanol–water partition coefficient (Wildman–Crippen LogP) is 3.30. The highest BCUT2D eigenvalue weighted by molar-refractivity contribution is 5.93. The molecule has 0 bridgehead atoms. The highest BCUT2D eigenvalue weighted by atomic mass is 19.3. The summed E-state index contributed by atoms with van der Waals surface area (Å²) in [4.78, 5) is 8.61. The maximum absolute atomic E-state index is 13.7. The summed E-state index contributed by atoms with van der Waals surface area (Å²) >= 11 is 0. The molecule has 2 N–H and O–H groups in total. The molecule has 3 aromatic heterocycles. The first-order valence-corrected chi connectivity index (χ1v) is 8.75. The average Bonchev–Trinajstić information content (AvgIpc) is 3.30. The molecule has 4 rings (SSSR count). The van der Waals surface area contributed by atoms with Crippen LogP contribution in [-0.2, 0) is 7.05 Å². The van der Waals surface area contributed by atoms with Crippen molar-refractivity contribution in [2.45, 2.75) is 37.6 Å². The molecule has 0 aromatic carbocycles. The molecule has 27 heavy (non-hydrogen) atoms. The van der Waals surface area contributed by atoms with E-state index in [-0.39, 0.29) is 31.0 Å². The number of aryl methyl sites for hydroxylation is 1. The van der Waals surface area contributed by atoms with E-state index in [2.05, 4.69) is 21.1 Å². The number of halogens is 2. The van der Waals surface area contributed by atoms with Crippen molar-refractivity contribution in [3.05, 3.63) is 24.8 Å². The summed E-state index contributed by atoms with van der Waals surface area (Å²) in [6.45, 7) is 0. The molecule has 0 radical (unpaired) electrons. The molecule has 0 aliphatic heterocycles. The van der Waals surface area contributed by atoms with Crippen LogP contribution in [0.3, 0.4) is 0 Å². The number of nitriles is 1. The van der Waals surface area contributed by atoms with Crippen LogP contribution >= 0.6 is 0 Å². The number of aromatic nitrogens is 5. The van der Waals surface area contributed by atoms with Crippen LogP contribution in [0.5, 0.6) is 0 Å². The SMILES string of the molecule is Cn1ccc2c(-c3cn(C(CC#N)C4CCC(F)(F)C4)nc3N)ncnc21. The maximum atomic E-state index is 13.7. The van der Waals surface area contributed by atoms with E-state index >= 15 is 0 Å². The second-order valence-corrected chi connectivity index (χ2v) is 7.08. The minimum absolute atomic E-state index is 0.103. The number of nitrogen functional groups attached to an aromatic ring is 1. The van der Waals surface area contributed by atoms with E-state index in [1.54, 1.807) is 10.9 Å². The number of alkyl halides is 2. The van der Waals surface area contributed by atoms with Crippen LogP contribution < -0.4 is 5.73 Å². The van der Waals surface area contributed by atoms with Crippen LogP contribution in [0.4, 0.5) is 14.6 Å². The maximum Gasteiger partial charge on any atom is 0.248 e. The topological polar surface area (TPSA) is 98.3 Å². The minimum Gasteiger partial charge on any atom is -0.382 e. The fraction of sp³-hybridized carbons (Fsp3) is 0.444. The fourth-order valence-corrected chi connectivity index (χ4v) is 3.93. The standard InChI is InChI=1S/C18H19F2N7/c1-26-7-4-12-15(23-10-24-17(12)26)13-9-27(25-16(13)22)14(3-6-21)11-2-5-18(19,20)8-11/h4,7,9-11,14H,2-3,5,8H2,1H3,(H2,22,25). The lowest BCUT2D eigenvalue weighted by atomic mass is 9.95. The van der Waals surface area contributed by atoms with Gasteiger partial charge in [-0.25, -0.2) is 18.7 Å². The van der Waals surface area contributed by atoms with Gasteiger partial charge in [0.1, 0.15) is 12.0 Å². The van der Waals surface area contributed by atoms with Crippen LogP contribution in [-0.4, -0.2) is 30.2 Å². The van der Waals surface area contributed by atoms with Crippen LogP contribution in [0, 0.1) is 17.2 Å². The van der Waals surface area contributed by atoms with E-state index in [4.69, 9.17) is 5.73 Å². The number of fused-ring (bicyclic) bond motifs is 1. The summed E-state index contributed by atoms with van der Waals surface area (Å²) in [5.41, 5.74) is 8.14. The van der Waals surface area contributed by atoms with E-state index in [9.17, 15) is 14.0 Å². The van der Waals surface area contributed by atoms with Crippen molar-refractivity contribution >= 4 is 16.9 Å². The molecule has 1 fully saturated rings. The molecule has 2 unspecified atom stereocenters. The highest BCUT2D eigenvalue weighted by Crippen LogP contribution is 2.45. The second-order valence-electron chi connectivity index (χ2n) is 7.08. The Morgan fingerprint density at radius 1 is 1.44 bits per heavy atom. The third-order valence-electron chi connectivity index (χ3n) is 5.30. The van der Waals surface area contributed by atoms with Crippen LogP contribution in [0.15, 0.2) is 24.8 Å². The zero-order chi connectivity index (χ0) is 19.2. The molecule has 1 aliphatic carbocycles. The van der Waals surface area contributed by atoms with Gasteiger partial charge in [-0.3, -0.25) is 4.68 Å². The molecule has 0 amide bonds. The lowest BCUT2D eigenvalue weighted by Gasteiger charge is -2.21. The van der Waals surface area contributed by atoms with Crippen molar-refractivity contribution in [2.24, 2.45) is 13.0 Å². The summed E-state index contributed by atoms with van der Waals surface area (Å²) in [7, 11) is 1.88. The molecule has 3 aromatic rings. The molecule has 1 aliphatic rings. The molecule has 140 valence electrons. The van der Waals surface area contributed by atoms with Gasteiger partial charge in [-0.1, -0.05) is 0 Å². The second kappa shape index (κ2) is 6.30. The Balaban J connectivity index is 1.74. The van der Waals surface area contributed by atoms with E-state index in [1.807, 2.05) is 23.9 Å². The van der Waals surface area contributed by atoms with Gasteiger partial charge in [-0.2, -0.15) is 10.4 Å². The van der Waals surface area contributed by atoms with Gasteiger partial charge in [0, 0.05) is 37.7 Å². The zero-order valence-electron chi connectivity index (χ0n) is 14.8. The Bertz CT molecular complexity index is 1030. The van der Waals surface area contributed by atoms with Gasteiger partial charge >= 0.3 is 0 Å². The Hall–Kier alpha value is -3.02. The Labute approximate surface area is 154 Å². The number of hydrogen-bond acceptors (Lipinski definition) is 5. The first-order valence-electron chi connectivity index (χ1n) is 8.75. The van der Waals surface area contributed by atoms with E-state index in [0.29, 0.717) is 17.7 Å². The molecule has 3 heterocycles. The number of rotatable bonds is 4. The molecule has 0 spiro atoms. The summed E-state index contributed by atoms with van der Waals surface area (Å²) < 4.78 is 30.8. The summed E-state index contributed by atoms with van der Waals surface area (Å²) in [5.74, 6) is -2.73. The number of hydrogen-bond donors (Lipinski definition) is 1. The smallest absolute Gasteiger partial charge is 0.248 e. The van der Waals surface area contributed by atoms with Gasteiger partial charge in [0.25, 0.3) is 0 Å². The van der Waals surface area contributed by atoms with E-state index in [1.165, 1.54) is 6.33 Å². The van der Waals surface area contributed by atoms with E-state index < -0.39 is 12.0 Å². The van der Waals surface area contributed by atoms with Crippen molar-refractivity contribution in [3.8, 4) is 17.3 Å². The quantitative estimate of drug-likeness (QED) is 0.759. The Morgan fingerprint density at radius 3 is 2.96 bits per heavy atom. The fourth-order valence-electron chi connectivity index (χ4n) is 3.93. The predicted molar refractivity (Wildman–Crippen MR) is 95.7 cm³/mol. The number of nitrogens with zero attached hydrogens (tertiary/aromatic N) is 6. The zero-order valence-corrected chi connectivity index (χ0v) is 14.8. The van der Waals surface area contributed by atoms with Crippen molar-refractivity contribution in [1.82, 2.24) is 24.3 Å². The summed E-state index contributed by atoms with van der Waals surface area (Å²) in [6, 6.07) is 3.55. The third kappa shape index (κ3) is 3.01. The van der Waals surface area contributed by atoms with Gasteiger partial charge in [-0.15, -0.1) is 0 Å². The number of nitrogens with two attached hydrogens (primary N) is 1. The van der Waals surface area contributed by atoms with Crippen molar-refractivity contribution in [2.75, 3.05) is 5.73 Å². The summed E-state index contributed by atoms with van der Waals surface area (Å²) in [5, 5.41) is 14.4. The molecular weight excluding hydrogens is 352 g/mol. The van der Waals surface area contributed by atoms with Gasteiger partial charge in [0.2, 0.25) is 5.92 Å². The average molecular weight is 371 g/mol. The van der Waals surface area contributed by atoms with Crippen molar-refractivity contribution < 1.29 is 8.78 Å². The van der Waals surface area contributed by atoms with E-state index in [0.717, 1.165) is 11.0 Å². The minimum atomic E-state index is -2.68. The van der Waals surface area contributed by atoms with Crippen LogP contribution in [0.1, 0.15) is 31.7 Å². The lowest BCUT2D eigenvalue weighted by Crippen LogP contribution is -2.20. The van der Waals surface area contributed by atoms with Gasteiger partial charge < -0.3 is 10.3 Å². The third-order valence-corrected chi connectivity index (χ3v) is 5.30. The molecule has 0 saturated heterocycles. The molecule has 1 saturated carbocycles. The van der Waals surface area contributed by atoms with Gasteiger partial charge in [0.15, 0.2) is 5.82 Å². The molecular formula is C18H19F2N7. The molecule has 2 atom stereocenters. The van der Waals surface area contributed by atoms with Crippen molar-refractivity contribution in [3.63, 3.8) is 0 Å². The highest BCUT2D eigenvalue weighted by Gasteiger charge is 2.43. The van der Waals surface area contributed by atoms with Gasteiger partial charge in [-0.05, 0) is 18.4 Å². The van der Waals surface area contributed by atoms with Crippen LogP contribution in [0.25, 0.3) is 22.3 Å². The van der Waals surface area contributed by atoms with Gasteiger partial charge in [0.05, 0.1) is 29.8 Å². The number of anilines is 1. The first kappa shape index (κ1) is 17.4. The first-order chi connectivity index (χ1) is 12.9. The van der Waals surface area contributed by atoms with Crippen molar-refractivity contribution in [1.29, 1.82) is 5.26 Å². The Morgan fingerprint density at radius 2 is 2.26 bits per heavy atom. The monoisotopic (exact) mass is 371 g/mol. The normalized spacial score (nSPS) is 20.0.